The first-order valence-electron chi connectivity index (χ1n) is 9.82. The van der Waals surface area contributed by atoms with Gasteiger partial charge < -0.3 is 14.7 Å². The van der Waals surface area contributed by atoms with Crippen molar-refractivity contribution in [3.63, 3.8) is 0 Å². The fraction of sp³-hybridized carbons (Fsp3) is 0.304. The lowest BCUT2D eigenvalue weighted by Crippen LogP contribution is -2.30. The number of aliphatic hydroxyl groups excluding tert-OH is 1. The van der Waals surface area contributed by atoms with Gasteiger partial charge in [-0.3, -0.25) is 9.59 Å². The van der Waals surface area contributed by atoms with Crippen LogP contribution in [0.2, 0.25) is 0 Å². The van der Waals surface area contributed by atoms with Crippen LogP contribution in [0.3, 0.4) is 0 Å². The number of benzene rings is 2. The molecule has 2 aromatic rings. The van der Waals surface area contributed by atoms with E-state index < -0.39 is 23.5 Å². The number of aryl methyl sites for hydroxylation is 1. The number of nitrogens with zero attached hydrogens (tertiary/aromatic N) is 1. The van der Waals surface area contributed by atoms with E-state index in [1.165, 1.54) is 11.0 Å². The zero-order valence-corrected chi connectivity index (χ0v) is 16.2. The molecular formula is C23H22FNO4. The van der Waals surface area contributed by atoms with Crippen LogP contribution >= 0.6 is 0 Å². The van der Waals surface area contributed by atoms with Gasteiger partial charge in [0, 0.05) is 17.7 Å². The lowest BCUT2D eigenvalue weighted by molar-refractivity contribution is -0.139. The lowest BCUT2D eigenvalue weighted by atomic mass is 9.93. The Balaban J connectivity index is 1.87. The topological polar surface area (TPSA) is 66.8 Å². The van der Waals surface area contributed by atoms with Gasteiger partial charge in [0.1, 0.15) is 17.3 Å². The molecule has 0 saturated carbocycles. The summed E-state index contributed by atoms with van der Waals surface area (Å²) < 4.78 is 20.2. The van der Waals surface area contributed by atoms with Gasteiger partial charge in [-0.25, -0.2) is 4.39 Å². The molecule has 2 aromatic carbocycles. The summed E-state index contributed by atoms with van der Waals surface area (Å²) in [5.74, 6) is -1.57. The number of ketones is 1. The fourth-order valence-electron chi connectivity index (χ4n) is 4.03. The zero-order chi connectivity index (χ0) is 20.5. The molecule has 4 rings (SSSR count). The predicted molar refractivity (Wildman–Crippen MR) is 106 cm³/mol. The van der Waals surface area contributed by atoms with Crippen molar-refractivity contribution in [3.05, 3.63) is 70.5 Å². The minimum absolute atomic E-state index is 0.0785. The molecule has 0 radical (unpaired) electrons. The van der Waals surface area contributed by atoms with Crippen molar-refractivity contribution in [1.82, 2.24) is 4.90 Å². The molecular weight excluding hydrogens is 373 g/mol. The molecule has 2 heterocycles. The first kappa shape index (κ1) is 19.2. The van der Waals surface area contributed by atoms with E-state index in [2.05, 4.69) is 0 Å². The summed E-state index contributed by atoms with van der Waals surface area (Å²) in [5, 5.41) is 11.0. The predicted octanol–water partition coefficient (Wildman–Crippen LogP) is 3.98. The summed E-state index contributed by atoms with van der Waals surface area (Å²) in [4.78, 5) is 26.8. The minimum Gasteiger partial charge on any atom is -0.507 e. The number of fused-ring (bicyclic) bond motifs is 1. The van der Waals surface area contributed by atoms with Crippen molar-refractivity contribution >= 4 is 17.4 Å². The summed E-state index contributed by atoms with van der Waals surface area (Å²) in [6.07, 6.45) is 2.28. The van der Waals surface area contributed by atoms with Crippen LogP contribution in [0.1, 0.15) is 42.5 Å². The van der Waals surface area contributed by atoms with Gasteiger partial charge in [0.2, 0.25) is 0 Å². The van der Waals surface area contributed by atoms with Crippen LogP contribution < -0.4 is 4.74 Å². The normalized spacial score (nSPS) is 20.5. The van der Waals surface area contributed by atoms with Gasteiger partial charge in [-0.2, -0.15) is 0 Å². The first-order chi connectivity index (χ1) is 14.0. The van der Waals surface area contributed by atoms with E-state index in [1.54, 1.807) is 36.4 Å². The molecule has 2 aliphatic rings. The molecule has 1 amide bonds. The number of hydrogen-bond acceptors (Lipinski definition) is 4. The molecule has 1 fully saturated rings. The Hall–Kier alpha value is -3.15. The Kier molecular flexibility index (Phi) is 5.09. The molecule has 2 aliphatic heterocycles. The lowest BCUT2D eigenvalue weighted by Gasteiger charge is -2.25. The van der Waals surface area contributed by atoms with Crippen LogP contribution in [0, 0.1) is 5.82 Å². The summed E-state index contributed by atoms with van der Waals surface area (Å²) in [5.41, 5.74) is 1.48. The zero-order valence-electron chi connectivity index (χ0n) is 16.2. The smallest absolute Gasteiger partial charge is 0.295 e. The standard InChI is InChI=1S/C23H22FNO4/c1-2-11-25-20(16-7-3-4-8-17(16)24)19(22(27)23(25)28)21(26)15-9-10-18-14(13-15)6-5-12-29-18/h3-4,7-10,13,20,26H,2,5-6,11-12H2,1H3/b21-19+. The number of halogens is 1. The van der Waals surface area contributed by atoms with Crippen molar-refractivity contribution in [2.75, 3.05) is 13.2 Å². The van der Waals surface area contributed by atoms with Gasteiger partial charge in [-0.1, -0.05) is 25.1 Å². The number of aliphatic hydroxyl groups is 1. The Bertz CT molecular complexity index is 1010. The Morgan fingerprint density at radius 1 is 1.24 bits per heavy atom. The fourth-order valence-corrected chi connectivity index (χ4v) is 4.03. The van der Waals surface area contributed by atoms with Gasteiger partial charge in [0.25, 0.3) is 11.7 Å². The number of ether oxygens (including phenoxy) is 1. The van der Waals surface area contributed by atoms with Crippen molar-refractivity contribution in [2.45, 2.75) is 32.2 Å². The quantitative estimate of drug-likeness (QED) is 0.483. The molecule has 1 unspecified atom stereocenters. The molecule has 1 N–H and O–H groups in total. The van der Waals surface area contributed by atoms with E-state index in [1.807, 2.05) is 6.92 Å². The largest absolute Gasteiger partial charge is 0.507 e. The highest BCUT2D eigenvalue weighted by Gasteiger charge is 2.46. The highest BCUT2D eigenvalue weighted by Crippen LogP contribution is 2.41. The molecule has 0 aromatic heterocycles. The summed E-state index contributed by atoms with van der Waals surface area (Å²) in [6.45, 7) is 2.81. The molecule has 1 saturated heterocycles. The second-order valence-electron chi connectivity index (χ2n) is 7.29. The number of hydrogen-bond donors (Lipinski definition) is 1. The first-order valence-corrected chi connectivity index (χ1v) is 9.82. The highest BCUT2D eigenvalue weighted by molar-refractivity contribution is 6.46. The average Bonchev–Trinajstić information content (AvgIpc) is 2.98. The van der Waals surface area contributed by atoms with Crippen LogP contribution in [0.25, 0.3) is 5.76 Å². The molecule has 29 heavy (non-hydrogen) atoms. The van der Waals surface area contributed by atoms with E-state index in [4.69, 9.17) is 4.74 Å². The van der Waals surface area contributed by atoms with Gasteiger partial charge >= 0.3 is 0 Å². The van der Waals surface area contributed by atoms with Crippen molar-refractivity contribution in [3.8, 4) is 5.75 Å². The van der Waals surface area contributed by atoms with E-state index >= 15 is 0 Å². The number of carbonyl (C=O) groups excluding carboxylic acids is 2. The molecule has 6 heteroatoms. The maximum atomic E-state index is 14.6. The van der Waals surface area contributed by atoms with Gasteiger partial charge in [0.15, 0.2) is 0 Å². The Morgan fingerprint density at radius 2 is 2.03 bits per heavy atom. The van der Waals surface area contributed by atoms with Crippen molar-refractivity contribution < 1.29 is 23.8 Å². The van der Waals surface area contributed by atoms with Crippen LogP contribution in [-0.4, -0.2) is 34.8 Å². The highest BCUT2D eigenvalue weighted by atomic mass is 19.1. The summed E-state index contributed by atoms with van der Waals surface area (Å²) in [6, 6.07) is 10.3. The SMILES string of the molecule is CCCN1C(=O)C(=O)/C(=C(/O)c2ccc3c(c2)CCCO3)C1c1ccccc1F. The summed E-state index contributed by atoms with van der Waals surface area (Å²) in [7, 11) is 0. The second-order valence-corrected chi connectivity index (χ2v) is 7.29. The third-order valence-corrected chi connectivity index (χ3v) is 5.39. The van der Waals surface area contributed by atoms with Gasteiger partial charge in [-0.15, -0.1) is 0 Å². The molecule has 0 aliphatic carbocycles. The van der Waals surface area contributed by atoms with E-state index in [-0.39, 0.29) is 16.9 Å². The van der Waals surface area contributed by atoms with Crippen LogP contribution in [0.5, 0.6) is 5.75 Å². The Labute approximate surface area is 168 Å². The van der Waals surface area contributed by atoms with Crippen LogP contribution in [-0.2, 0) is 16.0 Å². The number of likely N-dealkylation sites (tertiary alicyclic amines) is 1. The monoisotopic (exact) mass is 395 g/mol. The number of carbonyl (C=O) groups is 2. The number of amides is 1. The summed E-state index contributed by atoms with van der Waals surface area (Å²) >= 11 is 0. The Morgan fingerprint density at radius 3 is 2.79 bits per heavy atom. The van der Waals surface area contributed by atoms with Crippen molar-refractivity contribution in [2.24, 2.45) is 0 Å². The molecule has 5 nitrogen and oxygen atoms in total. The third kappa shape index (κ3) is 3.28. The van der Waals surface area contributed by atoms with Crippen molar-refractivity contribution in [1.29, 1.82) is 0 Å². The van der Waals surface area contributed by atoms with Crippen LogP contribution in [0.15, 0.2) is 48.0 Å². The average molecular weight is 395 g/mol. The van der Waals surface area contributed by atoms with E-state index in [9.17, 15) is 19.1 Å². The number of Topliss-reactive ketones (excluding diaryl/α,β-unsaturated/α-hetero) is 1. The minimum atomic E-state index is -0.955. The molecule has 0 spiro atoms. The van der Waals surface area contributed by atoms with Gasteiger partial charge in [-0.05, 0) is 49.1 Å². The maximum absolute atomic E-state index is 14.6. The maximum Gasteiger partial charge on any atom is 0.295 e. The molecule has 150 valence electrons. The third-order valence-electron chi connectivity index (χ3n) is 5.39. The number of rotatable bonds is 4. The molecule has 1 atom stereocenters. The molecule has 0 bridgehead atoms. The van der Waals surface area contributed by atoms with Crippen LogP contribution in [0.4, 0.5) is 4.39 Å². The van der Waals surface area contributed by atoms with E-state index in [0.29, 0.717) is 25.1 Å². The van der Waals surface area contributed by atoms with Gasteiger partial charge in [0.05, 0.1) is 18.2 Å². The van der Waals surface area contributed by atoms with E-state index in [0.717, 1.165) is 24.2 Å². The second kappa shape index (κ2) is 7.70.